The van der Waals surface area contributed by atoms with Gasteiger partial charge in [0.1, 0.15) is 0 Å². The van der Waals surface area contributed by atoms with E-state index in [1.807, 2.05) is 12.4 Å². The van der Waals surface area contributed by atoms with Crippen LogP contribution in [0, 0.1) is 0 Å². The summed E-state index contributed by atoms with van der Waals surface area (Å²) < 4.78 is 0. The molecule has 1 aromatic heterocycles. The summed E-state index contributed by atoms with van der Waals surface area (Å²) in [6.07, 6.45) is 8.89. The van der Waals surface area contributed by atoms with Crippen molar-refractivity contribution in [2.75, 3.05) is 18.0 Å². The third-order valence-corrected chi connectivity index (χ3v) is 3.60. The molecule has 0 saturated carbocycles. The third kappa shape index (κ3) is 6.94. The lowest BCUT2D eigenvalue weighted by molar-refractivity contribution is 0.424. The van der Waals surface area contributed by atoms with Gasteiger partial charge in [0.2, 0.25) is 0 Å². The van der Waals surface area contributed by atoms with E-state index < -0.39 is 0 Å². The average molecular weight is 291 g/mol. The van der Waals surface area contributed by atoms with Crippen LogP contribution in [0.1, 0.15) is 65.9 Å². The zero-order valence-corrected chi connectivity index (χ0v) is 14.6. The monoisotopic (exact) mass is 291 g/mol. The number of aromatic nitrogens is 1. The number of nitrogens with zero attached hydrogens (tertiary/aromatic N) is 2. The minimum Gasteiger partial charge on any atom is -0.370 e. The molecule has 0 fully saturated rings. The first-order valence-corrected chi connectivity index (χ1v) is 8.40. The largest absolute Gasteiger partial charge is 0.370 e. The summed E-state index contributed by atoms with van der Waals surface area (Å²) in [6.45, 7) is 14.3. The summed E-state index contributed by atoms with van der Waals surface area (Å²) in [7, 11) is 0. The SMILES string of the molecule is CCCCN(CCCC)c1cnccc1CNC(C)(C)C. The molecule has 0 aliphatic rings. The maximum absolute atomic E-state index is 4.36. The van der Waals surface area contributed by atoms with Crippen LogP contribution in [-0.2, 0) is 6.54 Å². The summed E-state index contributed by atoms with van der Waals surface area (Å²) in [5, 5.41) is 3.59. The van der Waals surface area contributed by atoms with E-state index >= 15 is 0 Å². The van der Waals surface area contributed by atoms with Gasteiger partial charge in [-0.3, -0.25) is 4.98 Å². The highest BCUT2D eigenvalue weighted by Crippen LogP contribution is 2.21. The second-order valence-electron chi connectivity index (χ2n) is 6.80. The van der Waals surface area contributed by atoms with Gasteiger partial charge in [-0.15, -0.1) is 0 Å². The molecule has 1 heterocycles. The Morgan fingerprint density at radius 1 is 1.10 bits per heavy atom. The summed E-state index contributed by atoms with van der Waals surface area (Å²) in [5.41, 5.74) is 2.79. The van der Waals surface area contributed by atoms with Crippen LogP contribution in [-0.4, -0.2) is 23.6 Å². The smallest absolute Gasteiger partial charge is 0.0598 e. The quantitative estimate of drug-likeness (QED) is 0.732. The predicted molar refractivity (Wildman–Crippen MR) is 92.9 cm³/mol. The molecule has 1 aromatic rings. The van der Waals surface area contributed by atoms with E-state index in [-0.39, 0.29) is 5.54 Å². The van der Waals surface area contributed by atoms with Crippen LogP contribution in [0.3, 0.4) is 0 Å². The number of unbranched alkanes of at least 4 members (excludes halogenated alkanes) is 2. The number of nitrogens with one attached hydrogen (secondary N) is 1. The van der Waals surface area contributed by atoms with Crippen molar-refractivity contribution < 1.29 is 0 Å². The van der Waals surface area contributed by atoms with Gasteiger partial charge >= 0.3 is 0 Å². The lowest BCUT2D eigenvalue weighted by Crippen LogP contribution is -2.36. The van der Waals surface area contributed by atoms with Gasteiger partial charge in [0.05, 0.1) is 11.9 Å². The van der Waals surface area contributed by atoms with Crippen molar-refractivity contribution in [3.63, 3.8) is 0 Å². The molecule has 21 heavy (non-hydrogen) atoms. The first-order valence-electron chi connectivity index (χ1n) is 8.40. The standard InChI is InChI=1S/C18H33N3/c1-6-8-12-21(13-9-7-2)17-15-19-11-10-16(17)14-20-18(3,4)5/h10-11,15,20H,6-9,12-14H2,1-5H3. The average Bonchev–Trinajstić information content (AvgIpc) is 2.45. The Morgan fingerprint density at radius 2 is 1.71 bits per heavy atom. The fourth-order valence-electron chi connectivity index (χ4n) is 2.26. The van der Waals surface area contributed by atoms with Gasteiger partial charge in [-0.25, -0.2) is 0 Å². The van der Waals surface area contributed by atoms with Crippen LogP contribution in [0.15, 0.2) is 18.5 Å². The predicted octanol–water partition coefficient (Wildman–Crippen LogP) is 4.38. The fraction of sp³-hybridized carbons (Fsp3) is 0.722. The van der Waals surface area contributed by atoms with Crippen molar-refractivity contribution in [3.8, 4) is 0 Å². The topological polar surface area (TPSA) is 28.2 Å². The van der Waals surface area contributed by atoms with Gasteiger partial charge in [-0.2, -0.15) is 0 Å². The van der Waals surface area contributed by atoms with Crippen molar-refractivity contribution in [2.45, 2.75) is 72.4 Å². The normalized spacial score (nSPS) is 11.7. The summed E-state index contributed by atoms with van der Waals surface area (Å²) in [4.78, 5) is 6.87. The summed E-state index contributed by atoms with van der Waals surface area (Å²) in [5.74, 6) is 0. The molecule has 0 aromatic carbocycles. The van der Waals surface area contributed by atoms with Crippen molar-refractivity contribution in [2.24, 2.45) is 0 Å². The highest BCUT2D eigenvalue weighted by Gasteiger charge is 2.14. The number of anilines is 1. The van der Waals surface area contributed by atoms with E-state index in [1.165, 1.54) is 36.9 Å². The van der Waals surface area contributed by atoms with E-state index in [4.69, 9.17) is 0 Å². The zero-order chi connectivity index (χ0) is 15.7. The van der Waals surface area contributed by atoms with Crippen molar-refractivity contribution in [1.29, 1.82) is 0 Å². The van der Waals surface area contributed by atoms with Crippen molar-refractivity contribution >= 4 is 5.69 Å². The Bertz CT molecular complexity index is 388. The highest BCUT2D eigenvalue weighted by molar-refractivity contribution is 5.51. The third-order valence-electron chi connectivity index (χ3n) is 3.60. The van der Waals surface area contributed by atoms with Crippen LogP contribution >= 0.6 is 0 Å². The van der Waals surface area contributed by atoms with Gasteiger partial charge in [0.15, 0.2) is 0 Å². The molecule has 0 saturated heterocycles. The Morgan fingerprint density at radius 3 is 2.24 bits per heavy atom. The van der Waals surface area contributed by atoms with Gasteiger partial charge in [0.25, 0.3) is 0 Å². The number of pyridine rings is 1. The molecular weight excluding hydrogens is 258 g/mol. The van der Waals surface area contributed by atoms with E-state index in [9.17, 15) is 0 Å². The molecule has 0 aliphatic heterocycles. The van der Waals surface area contributed by atoms with E-state index in [0.717, 1.165) is 19.6 Å². The molecule has 1 rings (SSSR count). The first-order chi connectivity index (χ1) is 9.98. The van der Waals surface area contributed by atoms with Gasteiger partial charge in [-0.1, -0.05) is 26.7 Å². The molecule has 0 bridgehead atoms. The molecule has 0 spiro atoms. The molecule has 1 N–H and O–H groups in total. The van der Waals surface area contributed by atoms with Crippen LogP contribution in [0.5, 0.6) is 0 Å². The Labute approximate surface area is 131 Å². The van der Waals surface area contributed by atoms with Gasteiger partial charge in [-0.05, 0) is 45.2 Å². The molecule has 0 radical (unpaired) electrons. The minimum absolute atomic E-state index is 0.137. The highest BCUT2D eigenvalue weighted by atomic mass is 15.1. The molecule has 3 nitrogen and oxygen atoms in total. The summed E-state index contributed by atoms with van der Waals surface area (Å²) >= 11 is 0. The molecular formula is C18H33N3. The molecule has 120 valence electrons. The lowest BCUT2D eigenvalue weighted by atomic mass is 10.1. The number of hydrogen-bond donors (Lipinski definition) is 1. The number of hydrogen-bond acceptors (Lipinski definition) is 3. The maximum Gasteiger partial charge on any atom is 0.0598 e. The minimum atomic E-state index is 0.137. The summed E-state index contributed by atoms with van der Waals surface area (Å²) in [6, 6.07) is 2.15. The van der Waals surface area contributed by atoms with Crippen LogP contribution in [0.25, 0.3) is 0 Å². The molecule has 0 aliphatic carbocycles. The zero-order valence-electron chi connectivity index (χ0n) is 14.6. The lowest BCUT2D eigenvalue weighted by Gasteiger charge is -2.28. The van der Waals surface area contributed by atoms with E-state index in [1.54, 1.807) is 0 Å². The van der Waals surface area contributed by atoms with Crippen LogP contribution in [0.2, 0.25) is 0 Å². The fourth-order valence-corrected chi connectivity index (χ4v) is 2.26. The van der Waals surface area contributed by atoms with Gasteiger partial charge in [0, 0.05) is 31.4 Å². The molecule has 0 atom stereocenters. The second-order valence-corrected chi connectivity index (χ2v) is 6.80. The Balaban J connectivity index is 2.84. The van der Waals surface area contributed by atoms with Crippen LogP contribution < -0.4 is 10.2 Å². The molecule has 3 heteroatoms. The van der Waals surface area contributed by atoms with Crippen molar-refractivity contribution in [1.82, 2.24) is 10.3 Å². The molecule has 0 amide bonds. The first kappa shape index (κ1) is 18.0. The second kappa shape index (κ2) is 9.04. The number of rotatable bonds is 9. The van der Waals surface area contributed by atoms with Gasteiger partial charge < -0.3 is 10.2 Å². The Hall–Kier alpha value is -1.09. The molecule has 0 unspecified atom stereocenters. The maximum atomic E-state index is 4.36. The van der Waals surface area contributed by atoms with E-state index in [2.05, 4.69) is 55.9 Å². The van der Waals surface area contributed by atoms with E-state index in [0.29, 0.717) is 0 Å². The van der Waals surface area contributed by atoms with Crippen LogP contribution in [0.4, 0.5) is 5.69 Å². The Kier molecular flexibility index (Phi) is 7.73. The van der Waals surface area contributed by atoms with Crippen molar-refractivity contribution in [3.05, 3.63) is 24.0 Å².